The van der Waals surface area contributed by atoms with Gasteiger partial charge in [0.1, 0.15) is 12.0 Å². The fourth-order valence-electron chi connectivity index (χ4n) is 5.52. The molecule has 0 bridgehead atoms. The van der Waals surface area contributed by atoms with Gasteiger partial charge in [-0.05, 0) is 56.5 Å². The van der Waals surface area contributed by atoms with E-state index in [1.165, 1.54) is 0 Å². The van der Waals surface area contributed by atoms with Crippen LogP contribution in [0.2, 0.25) is 5.02 Å². The van der Waals surface area contributed by atoms with Crippen LogP contribution in [0.4, 0.5) is 10.5 Å². The molecule has 0 aromatic heterocycles. The maximum absolute atomic E-state index is 14.1. The van der Waals surface area contributed by atoms with Gasteiger partial charge in [-0.25, -0.2) is 4.79 Å². The second-order valence-corrected chi connectivity index (χ2v) is 9.11. The van der Waals surface area contributed by atoms with E-state index in [1.807, 2.05) is 30.3 Å². The monoisotopic (exact) mass is 410 g/mol. The van der Waals surface area contributed by atoms with E-state index >= 15 is 0 Å². The Bertz CT molecular complexity index is 993. The van der Waals surface area contributed by atoms with E-state index in [0.717, 1.165) is 37.1 Å². The Kier molecular flexibility index (Phi) is 4.14. The molecular formula is C23H23ClN2O3. The number of carbonyl (C=O) groups excluding carboxylic acids is 2. The minimum Gasteiger partial charge on any atom is -0.498 e. The summed E-state index contributed by atoms with van der Waals surface area (Å²) in [4.78, 5) is 26.8. The number of nitrogens with zero attached hydrogens (tertiary/aromatic N) is 1. The summed E-state index contributed by atoms with van der Waals surface area (Å²) in [5.41, 5.74) is 1.32. The quantitative estimate of drug-likeness (QED) is 0.773. The molecular weight excluding hydrogens is 388 g/mol. The standard InChI is InChI=1S/C23H23ClN2O3/c24-17-7-5-16(6-8-17)23(9-10-23)20(27)26(21(28)29)15-22(11-13-25-14-12-22)18-3-1-2-4-19(18)26/h1-8,25H,9-15H2. The molecule has 1 atom stereocenters. The van der Waals surface area contributed by atoms with Gasteiger partial charge in [-0.15, -0.1) is 0 Å². The first-order valence-electron chi connectivity index (χ1n) is 10.2. The van der Waals surface area contributed by atoms with Gasteiger partial charge in [-0.1, -0.05) is 41.9 Å². The van der Waals surface area contributed by atoms with Crippen molar-refractivity contribution in [2.45, 2.75) is 36.5 Å². The number of rotatable bonds is 2. The summed E-state index contributed by atoms with van der Waals surface area (Å²) in [7, 11) is 0. The van der Waals surface area contributed by atoms with Crippen LogP contribution in [0.5, 0.6) is 0 Å². The second kappa shape index (κ2) is 6.39. The van der Waals surface area contributed by atoms with Crippen molar-refractivity contribution in [3.63, 3.8) is 0 Å². The number of nitrogens with one attached hydrogen (secondary N) is 1. The first-order valence-corrected chi connectivity index (χ1v) is 10.5. The number of fused-ring (bicyclic) bond motifs is 2. The van der Waals surface area contributed by atoms with Gasteiger partial charge >= 0.3 is 5.91 Å². The highest BCUT2D eigenvalue weighted by atomic mass is 35.5. The Morgan fingerprint density at radius 2 is 1.62 bits per heavy atom. The summed E-state index contributed by atoms with van der Waals surface area (Å²) >= 11 is 6.03. The molecule has 5 nitrogen and oxygen atoms in total. The third-order valence-corrected chi connectivity index (χ3v) is 7.45. The predicted molar refractivity (Wildman–Crippen MR) is 110 cm³/mol. The van der Waals surface area contributed by atoms with Crippen LogP contribution in [0.3, 0.4) is 0 Å². The topological polar surface area (TPSA) is 69.2 Å². The molecule has 1 unspecified atom stereocenters. The van der Waals surface area contributed by atoms with Gasteiger partial charge in [0.2, 0.25) is 0 Å². The summed E-state index contributed by atoms with van der Waals surface area (Å²) in [5.74, 6) is -0.275. The second-order valence-electron chi connectivity index (χ2n) is 8.68. The molecule has 1 spiro atoms. The molecule has 1 saturated carbocycles. The maximum Gasteiger partial charge on any atom is 0.335 e. The fraction of sp³-hybridized carbons (Fsp3) is 0.391. The van der Waals surface area contributed by atoms with E-state index in [4.69, 9.17) is 11.6 Å². The lowest BCUT2D eigenvalue weighted by molar-refractivity contribution is -0.263. The van der Waals surface area contributed by atoms with Crippen molar-refractivity contribution in [2.75, 3.05) is 19.6 Å². The lowest BCUT2D eigenvalue weighted by Crippen LogP contribution is -2.67. The average molecular weight is 411 g/mol. The number of hydrogen-bond acceptors (Lipinski definition) is 4. The van der Waals surface area contributed by atoms with Gasteiger partial charge in [0.15, 0.2) is 5.69 Å². The van der Waals surface area contributed by atoms with E-state index in [2.05, 4.69) is 5.32 Å². The van der Waals surface area contributed by atoms with Gasteiger partial charge in [-0.2, -0.15) is 4.48 Å². The molecule has 1 saturated heterocycles. The lowest BCUT2D eigenvalue weighted by atomic mass is 9.75. The Balaban J connectivity index is 1.66. The van der Waals surface area contributed by atoms with Crippen LogP contribution < -0.4 is 14.9 Å². The molecule has 150 valence electrons. The number of para-hydroxylation sites is 1. The lowest BCUT2D eigenvalue weighted by Gasteiger charge is -2.38. The van der Waals surface area contributed by atoms with Crippen LogP contribution in [-0.4, -0.2) is 31.6 Å². The molecule has 2 aromatic rings. The zero-order valence-corrected chi connectivity index (χ0v) is 16.9. The van der Waals surface area contributed by atoms with E-state index in [9.17, 15) is 14.7 Å². The largest absolute Gasteiger partial charge is 0.498 e. The highest BCUT2D eigenvalue weighted by Gasteiger charge is 2.67. The molecule has 6 heteroatoms. The number of imide groups is 1. The molecule has 2 aromatic carbocycles. The van der Waals surface area contributed by atoms with Crippen molar-refractivity contribution in [1.82, 2.24) is 9.80 Å². The van der Waals surface area contributed by atoms with Gasteiger partial charge in [0.05, 0.1) is 5.41 Å². The van der Waals surface area contributed by atoms with Crippen molar-refractivity contribution < 1.29 is 14.7 Å². The summed E-state index contributed by atoms with van der Waals surface area (Å²) in [6.45, 7) is 1.88. The van der Waals surface area contributed by atoms with Crippen molar-refractivity contribution >= 4 is 29.3 Å². The number of carboxylic acid groups (broad SMARTS) is 1. The van der Waals surface area contributed by atoms with Crippen molar-refractivity contribution in [3.05, 3.63) is 64.7 Å². The summed E-state index contributed by atoms with van der Waals surface area (Å²) < 4.78 is -0.710. The van der Waals surface area contributed by atoms with Gasteiger partial charge in [0.25, 0.3) is 6.09 Å². The van der Waals surface area contributed by atoms with Crippen LogP contribution >= 0.6 is 11.6 Å². The van der Waals surface area contributed by atoms with Crippen LogP contribution in [0.15, 0.2) is 48.5 Å². The SMILES string of the molecule is O=C([O-])[N+]1(C(=O)C2(c3ccc(Cl)cc3)CC2)CC2(CCNCC2)c2ccccc21. The Hall–Kier alpha value is -2.21. The smallest absolute Gasteiger partial charge is 0.335 e. The Morgan fingerprint density at radius 1 is 0.966 bits per heavy atom. The summed E-state index contributed by atoms with van der Waals surface area (Å²) in [6, 6.07) is 14.8. The molecule has 3 aliphatic rings. The number of piperidine rings is 1. The van der Waals surface area contributed by atoms with E-state index in [-0.39, 0.29) is 17.9 Å². The highest BCUT2D eigenvalue weighted by molar-refractivity contribution is 6.30. The van der Waals surface area contributed by atoms with Crippen LogP contribution in [0, 0.1) is 0 Å². The first-order chi connectivity index (χ1) is 13.9. The molecule has 2 heterocycles. The minimum absolute atomic E-state index is 0.241. The first kappa shape index (κ1) is 18.8. The number of carbonyl (C=O) groups is 2. The van der Waals surface area contributed by atoms with Crippen LogP contribution in [0.1, 0.15) is 36.8 Å². The third-order valence-electron chi connectivity index (χ3n) is 7.20. The molecule has 29 heavy (non-hydrogen) atoms. The number of quaternary nitrogens is 1. The average Bonchev–Trinajstić information content (AvgIpc) is 3.49. The normalized spacial score (nSPS) is 26.1. The Morgan fingerprint density at radius 3 is 2.24 bits per heavy atom. The van der Waals surface area contributed by atoms with E-state index < -0.39 is 16.0 Å². The minimum atomic E-state index is -1.32. The maximum atomic E-state index is 14.1. The van der Waals surface area contributed by atoms with Crippen LogP contribution in [0.25, 0.3) is 0 Å². The number of hydrogen-bond donors (Lipinski definition) is 1. The zero-order chi connectivity index (χ0) is 20.3. The molecule has 2 fully saturated rings. The van der Waals surface area contributed by atoms with E-state index in [1.54, 1.807) is 18.2 Å². The summed E-state index contributed by atoms with van der Waals surface area (Å²) in [6.07, 6.45) is 1.62. The number of amides is 2. The van der Waals surface area contributed by atoms with Gasteiger partial charge in [-0.3, -0.25) is 0 Å². The number of benzene rings is 2. The van der Waals surface area contributed by atoms with Crippen molar-refractivity contribution in [2.24, 2.45) is 0 Å². The van der Waals surface area contributed by atoms with Crippen LogP contribution in [-0.2, 0) is 15.6 Å². The van der Waals surface area contributed by atoms with Crippen molar-refractivity contribution in [1.29, 1.82) is 0 Å². The predicted octanol–water partition coefficient (Wildman–Crippen LogP) is 2.88. The molecule has 1 aliphatic carbocycles. The van der Waals surface area contributed by atoms with E-state index in [0.29, 0.717) is 23.6 Å². The third kappa shape index (κ3) is 2.54. The number of halogens is 1. The van der Waals surface area contributed by atoms with Gasteiger partial charge < -0.3 is 15.2 Å². The molecule has 2 aliphatic heterocycles. The summed E-state index contributed by atoms with van der Waals surface area (Å²) in [5, 5.41) is 16.7. The molecule has 5 rings (SSSR count). The van der Waals surface area contributed by atoms with Crippen molar-refractivity contribution in [3.8, 4) is 0 Å². The highest BCUT2D eigenvalue weighted by Crippen LogP contribution is 2.56. The fourth-order valence-corrected chi connectivity index (χ4v) is 5.65. The molecule has 1 N–H and O–H groups in total. The zero-order valence-electron chi connectivity index (χ0n) is 16.1. The van der Waals surface area contributed by atoms with Gasteiger partial charge in [0, 0.05) is 16.7 Å². The Labute approximate surface area is 174 Å². The molecule has 2 amide bonds. The molecule has 0 radical (unpaired) electrons.